The highest BCUT2D eigenvalue weighted by Gasteiger charge is 2.27. The Morgan fingerprint density at radius 3 is 1.89 bits per heavy atom. The van der Waals surface area contributed by atoms with E-state index < -0.39 is 5.60 Å². The molecule has 0 fully saturated rings. The van der Waals surface area contributed by atoms with E-state index >= 15 is 0 Å². The first kappa shape index (κ1) is 9.50. The number of alkyl halides is 2. The van der Waals surface area contributed by atoms with E-state index in [-0.39, 0.29) is 11.8 Å². The number of rotatable bonds is 4. The summed E-state index contributed by atoms with van der Waals surface area (Å²) in [5, 5.41) is 8.31. The Bertz CT molecular complexity index is 55.8. The fourth-order valence-electron chi connectivity index (χ4n) is 0.338. The van der Waals surface area contributed by atoms with Crippen LogP contribution in [0.4, 0.5) is 0 Å². The van der Waals surface area contributed by atoms with Crippen LogP contribution in [0.3, 0.4) is 0 Å². The van der Waals surface area contributed by atoms with E-state index in [1.54, 1.807) is 0 Å². The highest BCUT2D eigenvalue weighted by molar-refractivity contribution is 6.21. The zero-order chi connectivity index (χ0) is 7.33. The first-order valence-corrected chi connectivity index (χ1v) is 3.76. The maximum Gasteiger partial charge on any atom is 0.130 e. The molecule has 4 heteroatoms. The van der Waals surface area contributed by atoms with Crippen molar-refractivity contribution in [2.24, 2.45) is 0 Å². The van der Waals surface area contributed by atoms with Gasteiger partial charge in [0.1, 0.15) is 5.60 Å². The molecule has 0 saturated carbocycles. The average Bonchev–Trinajstić information content (AvgIpc) is 1.95. The smallest absolute Gasteiger partial charge is 0.130 e. The Kier molecular flexibility index (Phi) is 4.58. The van der Waals surface area contributed by atoms with Crippen molar-refractivity contribution < 1.29 is 10.1 Å². The molecule has 0 radical (unpaired) electrons. The summed E-state index contributed by atoms with van der Waals surface area (Å²) in [7, 11) is 0. The minimum absolute atomic E-state index is 0.212. The molecule has 1 N–H and O–H groups in total. The van der Waals surface area contributed by atoms with Gasteiger partial charge in [0, 0.05) is 0 Å². The van der Waals surface area contributed by atoms with Crippen LogP contribution >= 0.6 is 23.2 Å². The maximum absolute atomic E-state index is 8.31. The van der Waals surface area contributed by atoms with Crippen molar-refractivity contribution in [3.63, 3.8) is 0 Å². The maximum atomic E-state index is 8.31. The average molecular weight is 173 g/mol. The molecule has 0 heterocycles. The summed E-state index contributed by atoms with van der Waals surface area (Å²) in [5.41, 5.74) is -0.747. The van der Waals surface area contributed by atoms with Crippen molar-refractivity contribution in [3.8, 4) is 0 Å². The van der Waals surface area contributed by atoms with Gasteiger partial charge in [0.05, 0.1) is 11.8 Å². The Balaban J connectivity index is 3.82. The van der Waals surface area contributed by atoms with E-state index in [1.807, 2.05) is 6.92 Å². The van der Waals surface area contributed by atoms with Gasteiger partial charge in [-0.2, -0.15) is 0 Å². The van der Waals surface area contributed by atoms with E-state index in [0.717, 1.165) is 0 Å². The molecule has 0 rings (SSSR count). The molecule has 0 aliphatic carbocycles. The minimum atomic E-state index is -0.747. The first-order valence-electron chi connectivity index (χ1n) is 2.69. The van der Waals surface area contributed by atoms with Gasteiger partial charge in [-0.05, 0) is 6.42 Å². The molecule has 0 bridgehead atoms. The molecule has 0 aromatic rings. The lowest BCUT2D eigenvalue weighted by Gasteiger charge is -2.22. The molecule has 0 amide bonds. The third kappa shape index (κ3) is 2.30. The van der Waals surface area contributed by atoms with E-state index in [0.29, 0.717) is 6.42 Å². The summed E-state index contributed by atoms with van der Waals surface area (Å²) in [4.78, 5) is 4.12. The summed E-state index contributed by atoms with van der Waals surface area (Å²) >= 11 is 10.9. The molecule has 0 saturated heterocycles. The van der Waals surface area contributed by atoms with Gasteiger partial charge in [0.25, 0.3) is 0 Å². The Morgan fingerprint density at radius 2 is 1.89 bits per heavy atom. The topological polar surface area (TPSA) is 29.5 Å². The van der Waals surface area contributed by atoms with Crippen molar-refractivity contribution in [3.05, 3.63) is 0 Å². The zero-order valence-corrected chi connectivity index (χ0v) is 6.74. The van der Waals surface area contributed by atoms with Crippen LogP contribution in [0.15, 0.2) is 0 Å². The van der Waals surface area contributed by atoms with Gasteiger partial charge in [-0.15, -0.1) is 23.2 Å². The van der Waals surface area contributed by atoms with Gasteiger partial charge in [-0.25, -0.2) is 4.89 Å². The lowest BCUT2D eigenvalue weighted by molar-refractivity contribution is -0.310. The van der Waals surface area contributed by atoms with Gasteiger partial charge in [0.2, 0.25) is 0 Å². The molecular weight excluding hydrogens is 163 g/mol. The molecule has 2 nitrogen and oxygen atoms in total. The Morgan fingerprint density at radius 1 is 1.44 bits per heavy atom. The number of hydrogen-bond donors (Lipinski definition) is 1. The van der Waals surface area contributed by atoms with Gasteiger partial charge >= 0.3 is 0 Å². The highest BCUT2D eigenvalue weighted by atomic mass is 35.5. The van der Waals surface area contributed by atoms with Crippen LogP contribution < -0.4 is 0 Å². The van der Waals surface area contributed by atoms with Crippen LogP contribution in [0.25, 0.3) is 0 Å². The molecule has 0 aliphatic heterocycles. The lowest BCUT2D eigenvalue weighted by atomic mass is 10.1. The quantitative estimate of drug-likeness (QED) is 0.400. The molecule has 0 spiro atoms. The van der Waals surface area contributed by atoms with Crippen LogP contribution in [0.1, 0.15) is 13.3 Å². The van der Waals surface area contributed by atoms with Gasteiger partial charge in [-0.1, -0.05) is 6.92 Å². The summed E-state index contributed by atoms with van der Waals surface area (Å²) in [6.07, 6.45) is 0.608. The molecule has 0 atom stereocenters. The predicted molar refractivity (Wildman–Crippen MR) is 38.2 cm³/mol. The first-order chi connectivity index (χ1) is 4.24. The second kappa shape index (κ2) is 4.34. The summed E-state index contributed by atoms with van der Waals surface area (Å²) in [6, 6.07) is 0. The molecular formula is C5H10Cl2O2. The molecule has 0 aromatic heterocycles. The zero-order valence-electron chi connectivity index (χ0n) is 5.23. The third-order valence-corrected chi connectivity index (χ3v) is 2.30. The number of halogens is 2. The van der Waals surface area contributed by atoms with Crippen molar-refractivity contribution in [2.45, 2.75) is 18.9 Å². The predicted octanol–water partition coefficient (Wildman–Crippen LogP) is 2.10. The van der Waals surface area contributed by atoms with E-state index in [1.165, 1.54) is 0 Å². The molecule has 0 aromatic carbocycles. The van der Waals surface area contributed by atoms with Crippen LogP contribution in [0.2, 0.25) is 0 Å². The minimum Gasteiger partial charge on any atom is -0.251 e. The van der Waals surface area contributed by atoms with Crippen molar-refractivity contribution >= 4 is 23.2 Å². The van der Waals surface area contributed by atoms with Gasteiger partial charge in [-0.3, -0.25) is 5.26 Å². The third-order valence-electron chi connectivity index (χ3n) is 1.33. The van der Waals surface area contributed by atoms with Crippen LogP contribution in [-0.4, -0.2) is 22.6 Å². The van der Waals surface area contributed by atoms with E-state index in [2.05, 4.69) is 4.89 Å². The standard InChI is InChI=1S/C5H10Cl2O2/c1-2-5(3-6,4-7)9-8/h8H,2-4H2,1H3. The lowest BCUT2D eigenvalue weighted by Crippen LogP contribution is -2.34. The summed E-state index contributed by atoms with van der Waals surface area (Å²) in [5.74, 6) is 0.424. The Labute approximate surface area is 64.6 Å². The largest absolute Gasteiger partial charge is 0.251 e. The SMILES string of the molecule is CCC(CCl)(CCl)OO. The van der Waals surface area contributed by atoms with Crippen LogP contribution in [0.5, 0.6) is 0 Å². The second-order valence-corrected chi connectivity index (χ2v) is 2.43. The van der Waals surface area contributed by atoms with Crippen molar-refractivity contribution in [2.75, 3.05) is 11.8 Å². The fourth-order valence-corrected chi connectivity index (χ4v) is 1.10. The molecule has 0 aliphatic rings. The molecule has 9 heavy (non-hydrogen) atoms. The second-order valence-electron chi connectivity index (χ2n) is 1.90. The van der Waals surface area contributed by atoms with Gasteiger partial charge < -0.3 is 0 Å². The molecule has 56 valence electrons. The van der Waals surface area contributed by atoms with Crippen LogP contribution in [-0.2, 0) is 4.89 Å². The van der Waals surface area contributed by atoms with E-state index in [9.17, 15) is 0 Å². The number of hydrogen-bond acceptors (Lipinski definition) is 2. The molecule has 0 unspecified atom stereocenters. The van der Waals surface area contributed by atoms with Crippen molar-refractivity contribution in [1.29, 1.82) is 0 Å². The summed E-state index contributed by atoms with van der Waals surface area (Å²) < 4.78 is 0. The van der Waals surface area contributed by atoms with E-state index in [4.69, 9.17) is 28.5 Å². The highest BCUT2D eigenvalue weighted by Crippen LogP contribution is 2.17. The summed E-state index contributed by atoms with van der Waals surface area (Å²) in [6.45, 7) is 1.85. The van der Waals surface area contributed by atoms with Crippen molar-refractivity contribution in [1.82, 2.24) is 0 Å². The fraction of sp³-hybridized carbons (Fsp3) is 1.00. The normalized spacial score (nSPS) is 12.0. The Hall–Kier alpha value is 0.500. The van der Waals surface area contributed by atoms with Gasteiger partial charge in [0.15, 0.2) is 0 Å². The van der Waals surface area contributed by atoms with Crippen LogP contribution in [0, 0.1) is 0 Å². The monoisotopic (exact) mass is 172 g/mol.